The zero-order valence-corrected chi connectivity index (χ0v) is 9.58. The average Bonchev–Trinajstić information content (AvgIpc) is 2.26. The Kier molecular flexibility index (Phi) is 4.10. The third kappa shape index (κ3) is 2.94. The topological polar surface area (TPSA) is 21.6 Å². The molecule has 0 unspecified atom stereocenters. The number of rotatable bonds is 4. The molecule has 0 bridgehead atoms. The first-order valence-corrected chi connectivity index (χ1v) is 5.06. The third-order valence-electron chi connectivity index (χ3n) is 2.17. The Morgan fingerprint density at radius 2 is 1.93 bits per heavy atom. The minimum atomic E-state index is 0.635. The van der Waals surface area contributed by atoms with E-state index in [1.165, 1.54) is 5.56 Å². The lowest BCUT2D eigenvalue weighted by Crippen LogP contribution is -1.94. The molecule has 1 aromatic rings. The Labute approximate surface area is 91.3 Å². The first kappa shape index (κ1) is 11.5. The van der Waals surface area contributed by atoms with Crippen molar-refractivity contribution in [1.29, 1.82) is 0 Å². The van der Waals surface area contributed by atoms with Gasteiger partial charge in [-0.2, -0.15) is 0 Å². The van der Waals surface area contributed by atoms with E-state index in [9.17, 15) is 0 Å². The molecule has 2 heteroatoms. The van der Waals surface area contributed by atoms with Crippen LogP contribution in [-0.2, 0) is 4.74 Å². The van der Waals surface area contributed by atoms with Gasteiger partial charge in [0.25, 0.3) is 0 Å². The first-order valence-electron chi connectivity index (χ1n) is 5.06. The lowest BCUT2D eigenvalue weighted by Gasteiger charge is -2.10. The van der Waals surface area contributed by atoms with Crippen molar-refractivity contribution >= 4 is 12.5 Å². The minimum Gasteiger partial charge on any atom is -0.491 e. The van der Waals surface area contributed by atoms with Gasteiger partial charge in [-0.15, -0.1) is 0 Å². The molecule has 0 amide bonds. The van der Waals surface area contributed by atoms with E-state index in [-0.39, 0.29) is 0 Å². The van der Waals surface area contributed by atoms with E-state index in [1.54, 1.807) is 0 Å². The van der Waals surface area contributed by atoms with E-state index < -0.39 is 0 Å². The van der Waals surface area contributed by atoms with Crippen molar-refractivity contribution in [2.45, 2.75) is 20.8 Å². The summed E-state index contributed by atoms with van der Waals surface area (Å²) < 4.78 is 5.57. The van der Waals surface area contributed by atoms with Gasteiger partial charge < -0.3 is 4.74 Å². The van der Waals surface area contributed by atoms with E-state index >= 15 is 0 Å². The monoisotopic (exact) mass is 203 g/mol. The van der Waals surface area contributed by atoms with Gasteiger partial charge in [0.05, 0.1) is 12.3 Å². The molecule has 80 valence electrons. The summed E-state index contributed by atoms with van der Waals surface area (Å²) >= 11 is 0. The van der Waals surface area contributed by atoms with Crippen LogP contribution < -0.4 is 0 Å². The molecular weight excluding hydrogens is 186 g/mol. The van der Waals surface area contributed by atoms with Crippen LogP contribution in [0.1, 0.15) is 25.0 Å². The summed E-state index contributed by atoms with van der Waals surface area (Å²) in [7, 11) is 0. The minimum absolute atomic E-state index is 0.635. The fourth-order valence-electron chi connectivity index (χ4n) is 1.32. The fraction of sp³-hybridized carbons (Fsp3) is 0.308. The Morgan fingerprint density at radius 3 is 2.40 bits per heavy atom. The molecule has 0 atom stereocenters. The van der Waals surface area contributed by atoms with Crippen LogP contribution in [-0.4, -0.2) is 13.3 Å². The molecular formula is C13H17NO. The van der Waals surface area contributed by atoms with Crippen LogP contribution in [0, 0.1) is 6.92 Å². The molecule has 0 aliphatic heterocycles. The van der Waals surface area contributed by atoms with Crippen molar-refractivity contribution in [1.82, 2.24) is 0 Å². The zero-order valence-electron chi connectivity index (χ0n) is 9.58. The number of aliphatic imine (C=N–C) groups is 1. The summed E-state index contributed by atoms with van der Waals surface area (Å²) in [5, 5.41) is 0. The summed E-state index contributed by atoms with van der Waals surface area (Å²) in [6, 6.07) is 8.19. The van der Waals surface area contributed by atoms with Crippen LogP contribution in [0.15, 0.2) is 35.0 Å². The molecule has 1 rings (SSSR count). The van der Waals surface area contributed by atoms with Crippen molar-refractivity contribution < 1.29 is 4.74 Å². The molecule has 0 saturated carbocycles. The lowest BCUT2D eigenvalue weighted by molar-refractivity contribution is 0.295. The second-order valence-electron chi connectivity index (χ2n) is 3.37. The third-order valence-corrected chi connectivity index (χ3v) is 2.17. The second kappa shape index (κ2) is 5.35. The van der Waals surface area contributed by atoms with E-state index in [2.05, 4.69) is 30.8 Å². The van der Waals surface area contributed by atoms with E-state index in [0.29, 0.717) is 6.61 Å². The van der Waals surface area contributed by atoms with Crippen molar-refractivity contribution in [3.63, 3.8) is 0 Å². The van der Waals surface area contributed by atoms with Gasteiger partial charge in [0.1, 0.15) is 5.76 Å². The van der Waals surface area contributed by atoms with Crippen LogP contribution >= 0.6 is 0 Å². The Morgan fingerprint density at radius 1 is 1.33 bits per heavy atom. The number of hydrogen-bond acceptors (Lipinski definition) is 2. The summed E-state index contributed by atoms with van der Waals surface area (Å²) in [5.41, 5.74) is 3.10. The van der Waals surface area contributed by atoms with Crippen LogP contribution in [0.25, 0.3) is 5.76 Å². The lowest BCUT2D eigenvalue weighted by atomic mass is 10.1. The highest BCUT2D eigenvalue weighted by molar-refractivity contribution is 5.63. The molecule has 0 heterocycles. The smallest absolute Gasteiger partial charge is 0.147 e. The van der Waals surface area contributed by atoms with E-state index in [4.69, 9.17) is 4.74 Å². The number of ether oxygens (including phenoxy) is 1. The van der Waals surface area contributed by atoms with Gasteiger partial charge in [0.2, 0.25) is 0 Å². The summed E-state index contributed by atoms with van der Waals surface area (Å²) in [4.78, 5) is 3.91. The number of benzene rings is 1. The molecule has 0 spiro atoms. The maximum Gasteiger partial charge on any atom is 0.147 e. The molecule has 0 aliphatic carbocycles. The number of allylic oxidation sites excluding steroid dienone is 1. The van der Waals surface area contributed by atoms with Crippen molar-refractivity contribution in [2.24, 2.45) is 4.99 Å². The highest BCUT2D eigenvalue weighted by Crippen LogP contribution is 2.21. The van der Waals surface area contributed by atoms with Crippen molar-refractivity contribution in [3.8, 4) is 0 Å². The molecule has 0 fully saturated rings. The highest BCUT2D eigenvalue weighted by atomic mass is 16.5. The zero-order chi connectivity index (χ0) is 11.3. The standard InChI is InChI=1S/C13H17NO/c1-5-15-13(11(3)14-4)12-8-6-10(2)7-9-12/h6-9H,4-5H2,1-3H3/b13-11-. The van der Waals surface area contributed by atoms with Gasteiger partial charge in [-0.3, -0.25) is 4.99 Å². The average molecular weight is 203 g/mol. The molecule has 0 radical (unpaired) electrons. The number of nitrogens with zero attached hydrogens (tertiary/aromatic N) is 1. The van der Waals surface area contributed by atoms with Crippen molar-refractivity contribution in [3.05, 3.63) is 41.1 Å². The summed E-state index contributed by atoms with van der Waals surface area (Å²) in [6.45, 7) is 10.1. The maximum atomic E-state index is 5.57. The quantitative estimate of drug-likeness (QED) is 0.542. The fourth-order valence-corrected chi connectivity index (χ4v) is 1.32. The van der Waals surface area contributed by atoms with Gasteiger partial charge in [0.15, 0.2) is 0 Å². The predicted molar refractivity (Wildman–Crippen MR) is 64.9 cm³/mol. The van der Waals surface area contributed by atoms with E-state index in [0.717, 1.165) is 17.0 Å². The summed E-state index contributed by atoms with van der Waals surface area (Å²) in [6.07, 6.45) is 0. The van der Waals surface area contributed by atoms with Gasteiger partial charge >= 0.3 is 0 Å². The second-order valence-corrected chi connectivity index (χ2v) is 3.37. The normalized spacial score (nSPS) is 11.9. The Hall–Kier alpha value is -1.57. The molecule has 0 N–H and O–H groups in total. The SMILES string of the molecule is C=N/C(C)=C(\OCC)c1ccc(C)cc1. The molecule has 1 aromatic carbocycles. The maximum absolute atomic E-state index is 5.57. The predicted octanol–water partition coefficient (Wildman–Crippen LogP) is 3.42. The molecule has 0 saturated heterocycles. The van der Waals surface area contributed by atoms with Crippen LogP contribution in [0.3, 0.4) is 0 Å². The molecule has 0 aliphatic rings. The van der Waals surface area contributed by atoms with Crippen LogP contribution in [0.5, 0.6) is 0 Å². The van der Waals surface area contributed by atoms with Crippen LogP contribution in [0.4, 0.5) is 0 Å². The van der Waals surface area contributed by atoms with Crippen LogP contribution in [0.2, 0.25) is 0 Å². The van der Waals surface area contributed by atoms with Crippen molar-refractivity contribution in [2.75, 3.05) is 6.61 Å². The largest absolute Gasteiger partial charge is 0.491 e. The molecule has 15 heavy (non-hydrogen) atoms. The molecule has 2 nitrogen and oxygen atoms in total. The van der Waals surface area contributed by atoms with Gasteiger partial charge in [0, 0.05) is 5.56 Å². The number of hydrogen-bond donors (Lipinski definition) is 0. The van der Waals surface area contributed by atoms with E-state index in [1.807, 2.05) is 26.0 Å². The highest BCUT2D eigenvalue weighted by Gasteiger charge is 2.05. The summed E-state index contributed by atoms with van der Waals surface area (Å²) in [5.74, 6) is 0.812. The molecule has 0 aromatic heterocycles. The number of aryl methyl sites for hydroxylation is 1. The Balaban J connectivity index is 3.10. The van der Waals surface area contributed by atoms with Gasteiger partial charge in [-0.1, -0.05) is 29.8 Å². The van der Waals surface area contributed by atoms with Gasteiger partial charge in [-0.05, 0) is 27.5 Å². The Bertz CT molecular complexity index is 363. The first-order chi connectivity index (χ1) is 7.19. The van der Waals surface area contributed by atoms with Gasteiger partial charge in [-0.25, -0.2) is 0 Å².